The minimum atomic E-state index is -0.416. The molecule has 2 saturated heterocycles. The fourth-order valence-corrected chi connectivity index (χ4v) is 3.68. The van der Waals surface area contributed by atoms with Crippen molar-refractivity contribution in [2.24, 2.45) is 5.92 Å². The second-order valence-electron chi connectivity index (χ2n) is 6.12. The van der Waals surface area contributed by atoms with E-state index in [1.165, 1.54) is 44.8 Å². The van der Waals surface area contributed by atoms with Crippen LogP contribution in [0.4, 0.5) is 0 Å². The van der Waals surface area contributed by atoms with Crippen LogP contribution in [0.5, 0.6) is 5.75 Å². The SMILES string of the molecule is O=C(OC[C@H]1CCCN2CCCC[C@@H]12)c1ccccc1O. The first-order valence-electron chi connectivity index (χ1n) is 7.95. The van der Waals surface area contributed by atoms with Crippen LogP contribution in [0.2, 0.25) is 0 Å². The quantitative estimate of drug-likeness (QED) is 0.869. The predicted octanol–water partition coefficient (Wildman–Crippen LogP) is 2.81. The van der Waals surface area contributed by atoms with Gasteiger partial charge in [0.25, 0.3) is 0 Å². The number of phenolic OH excluding ortho intramolecular Hbond substituents is 1. The van der Waals surface area contributed by atoms with E-state index in [0.29, 0.717) is 18.6 Å². The van der Waals surface area contributed by atoms with Crippen LogP contribution in [0.3, 0.4) is 0 Å². The third-order valence-corrected chi connectivity index (χ3v) is 4.78. The average molecular weight is 289 g/mol. The number of benzene rings is 1. The number of fused-ring (bicyclic) bond motifs is 1. The molecular formula is C17H23NO3. The summed E-state index contributed by atoms with van der Waals surface area (Å²) in [6.45, 7) is 2.84. The van der Waals surface area contributed by atoms with Crippen molar-refractivity contribution in [3.8, 4) is 5.75 Å². The molecule has 0 saturated carbocycles. The van der Waals surface area contributed by atoms with Gasteiger partial charge in [-0.1, -0.05) is 18.6 Å². The number of esters is 1. The normalized spacial score (nSPS) is 26.1. The van der Waals surface area contributed by atoms with Crippen molar-refractivity contribution in [1.82, 2.24) is 4.90 Å². The molecule has 0 unspecified atom stereocenters. The molecule has 0 aliphatic carbocycles. The van der Waals surface area contributed by atoms with Crippen LogP contribution >= 0.6 is 0 Å². The molecule has 0 bridgehead atoms. The number of aromatic hydroxyl groups is 1. The van der Waals surface area contributed by atoms with Crippen LogP contribution in [0.1, 0.15) is 42.5 Å². The summed E-state index contributed by atoms with van der Waals surface area (Å²) in [5.74, 6) is 0.0142. The van der Waals surface area contributed by atoms with Crippen molar-refractivity contribution in [2.45, 2.75) is 38.1 Å². The Kier molecular flexibility index (Phi) is 4.44. The van der Waals surface area contributed by atoms with Crippen LogP contribution in [-0.4, -0.2) is 41.7 Å². The summed E-state index contributed by atoms with van der Waals surface area (Å²) in [6, 6.07) is 7.13. The number of piperidine rings is 2. The van der Waals surface area contributed by atoms with Crippen LogP contribution in [-0.2, 0) is 4.74 Å². The molecule has 0 radical (unpaired) electrons. The van der Waals surface area contributed by atoms with Crippen molar-refractivity contribution in [3.63, 3.8) is 0 Å². The summed E-state index contributed by atoms with van der Waals surface area (Å²) < 4.78 is 5.47. The molecule has 0 spiro atoms. The molecular weight excluding hydrogens is 266 g/mol. The van der Waals surface area contributed by atoms with Crippen molar-refractivity contribution in [3.05, 3.63) is 29.8 Å². The van der Waals surface area contributed by atoms with Crippen LogP contribution in [0, 0.1) is 5.92 Å². The van der Waals surface area contributed by atoms with E-state index in [2.05, 4.69) is 4.90 Å². The number of rotatable bonds is 3. The monoisotopic (exact) mass is 289 g/mol. The Morgan fingerprint density at radius 3 is 2.86 bits per heavy atom. The fourth-order valence-electron chi connectivity index (χ4n) is 3.68. The summed E-state index contributed by atoms with van der Waals surface area (Å²) >= 11 is 0. The lowest BCUT2D eigenvalue weighted by Crippen LogP contribution is -2.49. The molecule has 2 atom stereocenters. The van der Waals surface area contributed by atoms with Gasteiger partial charge >= 0.3 is 5.97 Å². The maximum absolute atomic E-state index is 12.1. The van der Waals surface area contributed by atoms with Gasteiger partial charge in [0.15, 0.2) is 0 Å². The summed E-state index contributed by atoms with van der Waals surface area (Å²) in [6.07, 6.45) is 6.12. The molecule has 0 amide bonds. The molecule has 3 rings (SSSR count). The fraction of sp³-hybridized carbons (Fsp3) is 0.588. The largest absolute Gasteiger partial charge is 0.507 e. The first-order valence-corrected chi connectivity index (χ1v) is 7.95. The highest BCUT2D eigenvalue weighted by Gasteiger charge is 2.33. The summed E-state index contributed by atoms with van der Waals surface area (Å²) in [4.78, 5) is 14.6. The zero-order chi connectivity index (χ0) is 14.7. The highest BCUT2D eigenvalue weighted by molar-refractivity contribution is 5.92. The van der Waals surface area contributed by atoms with E-state index in [-0.39, 0.29) is 11.3 Å². The molecule has 4 nitrogen and oxygen atoms in total. The lowest BCUT2D eigenvalue weighted by Gasteiger charge is -2.44. The van der Waals surface area contributed by atoms with Crippen LogP contribution in [0.15, 0.2) is 24.3 Å². The zero-order valence-corrected chi connectivity index (χ0v) is 12.3. The number of ether oxygens (including phenoxy) is 1. The Bertz CT molecular complexity index is 501. The Hall–Kier alpha value is -1.55. The van der Waals surface area contributed by atoms with E-state index in [1.54, 1.807) is 18.2 Å². The number of carbonyl (C=O) groups is 1. The van der Waals surface area contributed by atoms with Gasteiger partial charge < -0.3 is 9.84 Å². The number of hydrogen-bond acceptors (Lipinski definition) is 4. The van der Waals surface area contributed by atoms with Crippen LogP contribution in [0.25, 0.3) is 0 Å². The molecule has 2 aliphatic heterocycles. The lowest BCUT2D eigenvalue weighted by atomic mass is 9.84. The van der Waals surface area contributed by atoms with E-state index in [0.717, 1.165) is 6.42 Å². The van der Waals surface area contributed by atoms with E-state index < -0.39 is 5.97 Å². The molecule has 1 N–H and O–H groups in total. The topological polar surface area (TPSA) is 49.8 Å². The zero-order valence-electron chi connectivity index (χ0n) is 12.3. The highest BCUT2D eigenvalue weighted by atomic mass is 16.5. The highest BCUT2D eigenvalue weighted by Crippen LogP contribution is 2.31. The van der Waals surface area contributed by atoms with Crippen molar-refractivity contribution in [2.75, 3.05) is 19.7 Å². The van der Waals surface area contributed by atoms with E-state index in [9.17, 15) is 9.90 Å². The van der Waals surface area contributed by atoms with Crippen LogP contribution < -0.4 is 0 Å². The molecule has 0 aromatic heterocycles. The second kappa shape index (κ2) is 6.48. The van der Waals surface area contributed by atoms with Gasteiger partial charge in [0.05, 0.1) is 6.61 Å². The van der Waals surface area contributed by atoms with Gasteiger partial charge in [0.1, 0.15) is 11.3 Å². The van der Waals surface area contributed by atoms with Crippen molar-refractivity contribution in [1.29, 1.82) is 0 Å². The average Bonchev–Trinajstić information content (AvgIpc) is 2.53. The first kappa shape index (κ1) is 14.4. The number of phenols is 1. The molecule has 1 aromatic rings. The van der Waals surface area contributed by atoms with E-state index >= 15 is 0 Å². The van der Waals surface area contributed by atoms with Crippen molar-refractivity contribution < 1.29 is 14.6 Å². The number of para-hydroxylation sites is 1. The third-order valence-electron chi connectivity index (χ3n) is 4.78. The Labute approximate surface area is 125 Å². The van der Waals surface area contributed by atoms with Gasteiger partial charge in [-0.25, -0.2) is 4.79 Å². The molecule has 2 fully saturated rings. The Morgan fingerprint density at radius 2 is 2.00 bits per heavy atom. The standard InChI is InChI=1S/C17H23NO3/c19-16-9-2-1-7-14(16)17(20)21-12-13-6-5-11-18-10-4-3-8-15(13)18/h1-2,7,9,13,15,19H,3-6,8,10-12H2/t13-,15+/m1/s1. The van der Waals surface area contributed by atoms with E-state index in [4.69, 9.17) is 4.74 Å². The molecule has 2 heterocycles. The van der Waals surface area contributed by atoms with Crippen molar-refractivity contribution >= 4 is 5.97 Å². The maximum atomic E-state index is 12.1. The summed E-state index contributed by atoms with van der Waals surface area (Å²) in [5.41, 5.74) is 0.258. The predicted molar refractivity (Wildman–Crippen MR) is 80.3 cm³/mol. The molecule has 114 valence electrons. The minimum Gasteiger partial charge on any atom is -0.507 e. The number of nitrogens with zero attached hydrogens (tertiary/aromatic N) is 1. The summed E-state index contributed by atoms with van der Waals surface area (Å²) in [5, 5.41) is 9.70. The smallest absolute Gasteiger partial charge is 0.341 e. The van der Waals surface area contributed by atoms with Gasteiger partial charge in [-0.2, -0.15) is 0 Å². The van der Waals surface area contributed by atoms with Gasteiger partial charge in [-0.05, 0) is 50.9 Å². The third kappa shape index (κ3) is 3.21. The van der Waals surface area contributed by atoms with Gasteiger partial charge in [-0.3, -0.25) is 4.90 Å². The van der Waals surface area contributed by atoms with E-state index in [1.807, 2.05) is 0 Å². The maximum Gasteiger partial charge on any atom is 0.341 e. The van der Waals surface area contributed by atoms with Gasteiger partial charge in [0, 0.05) is 12.0 Å². The minimum absolute atomic E-state index is 0.00885. The molecule has 2 aliphatic rings. The Balaban J connectivity index is 1.59. The Morgan fingerprint density at radius 1 is 1.19 bits per heavy atom. The molecule has 4 heteroatoms. The summed E-state index contributed by atoms with van der Waals surface area (Å²) in [7, 11) is 0. The lowest BCUT2D eigenvalue weighted by molar-refractivity contribution is 0.00723. The second-order valence-corrected chi connectivity index (χ2v) is 6.12. The van der Waals surface area contributed by atoms with Gasteiger partial charge in [-0.15, -0.1) is 0 Å². The number of carbonyl (C=O) groups excluding carboxylic acids is 1. The number of hydrogen-bond donors (Lipinski definition) is 1. The molecule has 21 heavy (non-hydrogen) atoms. The first-order chi connectivity index (χ1) is 10.3. The molecule has 1 aromatic carbocycles. The van der Waals surface area contributed by atoms with Gasteiger partial charge in [0.2, 0.25) is 0 Å².